The van der Waals surface area contributed by atoms with E-state index < -0.39 is 0 Å². The summed E-state index contributed by atoms with van der Waals surface area (Å²) in [4.78, 5) is 6.96. The van der Waals surface area contributed by atoms with Crippen LogP contribution in [0.1, 0.15) is 70.8 Å². The molecule has 0 aromatic heterocycles. The normalized spacial score (nSPS) is 16.6. The number of unbranched alkanes of at least 4 members (excludes halogenated alkanes) is 7. The standard InChI is InChI=1S/C26H34N2/c1-3-4-5-6-7-8-9-12-19-28-20-17-23(18-21-28)15-16-24-22(2)27-26-14-11-10-13-25(24)26/h10-11,13-18,20-21H,3-9,12,19H2,1-2H3/b24-16-. The number of benzene rings is 1. The Morgan fingerprint density at radius 3 is 2.29 bits per heavy atom. The van der Waals surface area contributed by atoms with Crippen LogP contribution < -0.4 is 0 Å². The van der Waals surface area contributed by atoms with Gasteiger partial charge in [0.25, 0.3) is 0 Å². The molecule has 0 saturated heterocycles. The fourth-order valence-corrected chi connectivity index (χ4v) is 3.78. The summed E-state index contributed by atoms with van der Waals surface area (Å²) in [5.41, 5.74) is 5.87. The van der Waals surface area contributed by atoms with E-state index in [1.165, 1.54) is 68.1 Å². The van der Waals surface area contributed by atoms with Gasteiger partial charge in [0.1, 0.15) is 0 Å². The van der Waals surface area contributed by atoms with Crippen molar-refractivity contribution in [3.63, 3.8) is 0 Å². The monoisotopic (exact) mass is 374 g/mol. The van der Waals surface area contributed by atoms with Gasteiger partial charge in [0.2, 0.25) is 0 Å². The molecule has 0 unspecified atom stereocenters. The molecule has 1 aromatic carbocycles. The fraction of sp³-hybridized carbons (Fsp3) is 0.423. The molecular weight excluding hydrogens is 340 g/mol. The summed E-state index contributed by atoms with van der Waals surface area (Å²) in [6.45, 7) is 5.48. The lowest BCUT2D eigenvalue weighted by atomic mass is 10.0. The third kappa shape index (κ3) is 5.82. The van der Waals surface area contributed by atoms with E-state index in [1.807, 2.05) is 6.07 Å². The SMILES string of the molecule is CCCCCCCCCCN1C=CC(=C/C=C2/C(C)=Nc3ccccc32)C=C1. The summed E-state index contributed by atoms with van der Waals surface area (Å²) in [6.07, 6.45) is 24.2. The Labute approximate surface area is 171 Å². The van der Waals surface area contributed by atoms with Crippen LogP contribution >= 0.6 is 0 Å². The van der Waals surface area contributed by atoms with E-state index >= 15 is 0 Å². The van der Waals surface area contributed by atoms with E-state index in [9.17, 15) is 0 Å². The van der Waals surface area contributed by atoms with Crippen LogP contribution in [0.15, 0.2) is 71.5 Å². The number of aliphatic imine (C=N–C) groups is 1. The summed E-state index contributed by atoms with van der Waals surface area (Å²) in [5.74, 6) is 0. The largest absolute Gasteiger partial charge is 0.354 e. The highest BCUT2D eigenvalue weighted by atomic mass is 15.1. The lowest BCUT2D eigenvalue weighted by Crippen LogP contribution is -2.13. The Morgan fingerprint density at radius 2 is 1.54 bits per heavy atom. The molecule has 2 heterocycles. The van der Waals surface area contributed by atoms with Crippen LogP contribution in [-0.4, -0.2) is 17.2 Å². The van der Waals surface area contributed by atoms with Crippen LogP contribution in [0.2, 0.25) is 0 Å². The molecule has 0 amide bonds. The predicted octanol–water partition coefficient (Wildman–Crippen LogP) is 7.59. The average molecular weight is 375 g/mol. The smallest absolute Gasteiger partial charge is 0.0712 e. The quantitative estimate of drug-likeness (QED) is 0.385. The fourth-order valence-electron chi connectivity index (χ4n) is 3.78. The van der Waals surface area contributed by atoms with Gasteiger partial charge >= 0.3 is 0 Å². The minimum Gasteiger partial charge on any atom is -0.354 e. The lowest BCUT2D eigenvalue weighted by Gasteiger charge is -2.18. The molecule has 0 atom stereocenters. The molecule has 0 radical (unpaired) electrons. The van der Waals surface area contributed by atoms with Gasteiger partial charge in [0.15, 0.2) is 0 Å². The molecule has 0 aliphatic carbocycles. The van der Waals surface area contributed by atoms with Crippen LogP contribution in [0.3, 0.4) is 0 Å². The zero-order chi connectivity index (χ0) is 19.6. The number of hydrogen-bond donors (Lipinski definition) is 0. The second-order valence-corrected chi connectivity index (χ2v) is 7.81. The van der Waals surface area contributed by atoms with E-state index in [-0.39, 0.29) is 0 Å². The molecule has 3 rings (SSSR count). The topological polar surface area (TPSA) is 15.6 Å². The maximum absolute atomic E-state index is 4.65. The summed E-state index contributed by atoms with van der Waals surface area (Å²) >= 11 is 0. The van der Waals surface area contributed by atoms with E-state index in [1.54, 1.807) is 0 Å². The highest BCUT2D eigenvalue weighted by Gasteiger charge is 2.15. The number of nitrogens with zero attached hydrogens (tertiary/aromatic N) is 2. The number of para-hydroxylation sites is 1. The Morgan fingerprint density at radius 1 is 0.857 bits per heavy atom. The van der Waals surface area contributed by atoms with Crippen LogP contribution in [0.4, 0.5) is 5.69 Å². The Balaban J connectivity index is 1.42. The minimum absolute atomic E-state index is 1.08. The minimum atomic E-state index is 1.08. The third-order valence-corrected chi connectivity index (χ3v) is 5.50. The van der Waals surface area contributed by atoms with Crippen molar-refractivity contribution in [3.8, 4) is 0 Å². The van der Waals surface area contributed by atoms with Crippen molar-refractivity contribution in [2.45, 2.75) is 65.2 Å². The first-order chi connectivity index (χ1) is 13.8. The Bertz CT molecular complexity index is 776. The third-order valence-electron chi connectivity index (χ3n) is 5.50. The maximum atomic E-state index is 4.65. The van der Waals surface area contributed by atoms with Gasteiger partial charge in [-0.15, -0.1) is 0 Å². The first-order valence-electron chi connectivity index (χ1n) is 11.0. The molecule has 148 valence electrons. The molecular formula is C26H34N2. The molecule has 28 heavy (non-hydrogen) atoms. The van der Waals surface area contributed by atoms with Crippen molar-refractivity contribution in [1.82, 2.24) is 4.90 Å². The molecule has 1 aromatic rings. The molecule has 2 aliphatic heterocycles. The van der Waals surface area contributed by atoms with Crippen molar-refractivity contribution in [1.29, 1.82) is 0 Å². The van der Waals surface area contributed by atoms with Gasteiger partial charge in [-0.25, -0.2) is 0 Å². The number of allylic oxidation sites excluding steroid dienone is 6. The van der Waals surface area contributed by atoms with E-state index in [4.69, 9.17) is 0 Å². The first kappa shape index (κ1) is 20.4. The van der Waals surface area contributed by atoms with E-state index in [2.05, 4.69) is 78.6 Å². The highest BCUT2D eigenvalue weighted by molar-refractivity contribution is 6.28. The molecule has 0 N–H and O–H groups in total. The zero-order valence-corrected chi connectivity index (χ0v) is 17.5. The second-order valence-electron chi connectivity index (χ2n) is 7.81. The van der Waals surface area contributed by atoms with E-state index in [0.717, 1.165) is 17.9 Å². The molecule has 0 bridgehead atoms. The van der Waals surface area contributed by atoms with Crippen LogP contribution in [0, 0.1) is 0 Å². The first-order valence-corrected chi connectivity index (χ1v) is 11.0. The van der Waals surface area contributed by atoms with Crippen LogP contribution in [0.25, 0.3) is 5.57 Å². The van der Waals surface area contributed by atoms with Crippen molar-refractivity contribution in [3.05, 3.63) is 72.1 Å². The van der Waals surface area contributed by atoms with Crippen molar-refractivity contribution in [2.24, 2.45) is 4.99 Å². The number of rotatable bonds is 10. The van der Waals surface area contributed by atoms with Gasteiger partial charge in [-0.05, 0) is 37.1 Å². The maximum Gasteiger partial charge on any atom is 0.0712 e. The van der Waals surface area contributed by atoms with Crippen LogP contribution in [0.5, 0.6) is 0 Å². The zero-order valence-electron chi connectivity index (χ0n) is 17.5. The average Bonchev–Trinajstić information content (AvgIpc) is 3.04. The van der Waals surface area contributed by atoms with Crippen molar-refractivity contribution in [2.75, 3.05) is 6.54 Å². The summed E-state index contributed by atoms with van der Waals surface area (Å²) in [6, 6.07) is 8.36. The Hall–Kier alpha value is -2.35. The molecule has 2 nitrogen and oxygen atoms in total. The lowest BCUT2D eigenvalue weighted by molar-refractivity contribution is 0.462. The molecule has 2 aliphatic rings. The molecule has 0 fully saturated rings. The van der Waals surface area contributed by atoms with Crippen LogP contribution in [-0.2, 0) is 0 Å². The van der Waals surface area contributed by atoms with Crippen molar-refractivity contribution >= 4 is 17.0 Å². The number of hydrogen-bond acceptors (Lipinski definition) is 2. The molecule has 2 heteroatoms. The summed E-state index contributed by atoms with van der Waals surface area (Å²) in [5, 5.41) is 0. The summed E-state index contributed by atoms with van der Waals surface area (Å²) in [7, 11) is 0. The van der Waals surface area contributed by atoms with Gasteiger partial charge in [0.05, 0.1) is 5.69 Å². The molecule has 0 spiro atoms. The van der Waals surface area contributed by atoms with E-state index in [0.29, 0.717) is 0 Å². The predicted molar refractivity (Wildman–Crippen MR) is 123 cm³/mol. The van der Waals surface area contributed by atoms with Gasteiger partial charge in [0, 0.05) is 35.8 Å². The van der Waals surface area contributed by atoms with Gasteiger partial charge in [-0.2, -0.15) is 0 Å². The van der Waals surface area contributed by atoms with Gasteiger partial charge < -0.3 is 4.90 Å². The highest BCUT2D eigenvalue weighted by Crippen LogP contribution is 2.34. The summed E-state index contributed by atoms with van der Waals surface area (Å²) < 4.78 is 0. The Kier molecular flexibility index (Phi) is 7.90. The van der Waals surface area contributed by atoms with Crippen molar-refractivity contribution < 1.29 is 0 Å². The van der Waals surface area contributed by atoms with Gasteiger partial charge in [-0.3, -0.25) is 4.99 Å². The second kappa shape index (κ2) is 10.8. The molecule has 0 saturated carbocycles. The number of fused-ring (bicyclic) bond motifs is 1. The van der Waals surface area contributed by atoms with Gasteiger partial charge in [-0.1, -0.05) is 82.2 Å².